The number of carboxylic acids is 2. The minimum Gasteiger partial charge on any atom is -0.504 e. The number of hydrogen-bond donors (Lipinski definition) is 4. The van der Waals surface area contributed by atoms with E-state index in [1.807, 2.05) is 5.32 Å². The second kappa shape index (κ2) is 6.98. The van der Waals surface area contributed by atoms with Gasteiger partial charge in [0.25, 0.3) is 5.91 Å². The van der Waals surface area contributed by atoms with E-state index in [1.165, 1.54) is 12.1 Å². The summed E-state index contributed by atoms with van der Waals surface area (Å²) in [6, 6.07) is 4.40. The third-order valence-electron chi connectivity index (χ3n) is 2.24. The van der Waals surface area contributed by atoms with E-state index in [4.69, 9.17) is 14.9 Å². The summed E-state index contributed by atoms with van der Waals surface area (Å²) in [7, 11) is 0. The number of aromatic hydroxyl groups is 1. The van der Waals surface area contributed by atoms with Crippen molar-refractivity contribution >= 4 is 17.8 Å². The van der Waals surface area contributed by atoms with Crippen molar-refractivity contribution in [3.05, 3.63) is 24.3 Å². The minimum atomic E-state index is -1.53. The number of hydrogen-bond acceptors (Lipinski definition) is 5. The zero-order valence-electron chi connectivity index (χ0n) is 10.3. The number of nitrogens with one attached hydrogen (secondary N) is 1. The number of phenolic OH excluding ortho intramolecular Hbond substituents is 1. The topological polar surface area (TPSA) is 133 Å². The first-order chi connectivity index (χ1) is 9.40. The molecule has 8 heteroatoms. The number of carboxylic acid groups (broad SMARTS) is 2. The van der Waals surface area contributed by atoms with Crippen LogP contribution in [0.15, 0.2) is 24.3 Å². The van der Waals surface area contributed by atoms with Crippen LogP contribution in [0, 0.1) is 0 Å². The molecule has 0 bridgehead atoms. The summed E-state index contributed by atoms with van der Waals surface area (Å²) in [6.07, 6.45) is -0.738. The predicted molar refractivity (Wildman–Crippen MR) is 65.4 cm³/mol. The van der Waals surface area contributed by atoms with Crippen molar-refractivity contribution < 1.29 is 34.4 Å². The third kappa shape index (κ3) is 4.84. The predicted octanol–water partition coefficient (Wildman–Crippen LogP) is -0.185. The summed E-state index contributed by atoms with van der Waals surface area (Å²) in [6.45, 7) is -0.541. The van der Waals surface area contributed by atoms with Gasteiger partial charge in [-0.05, 0) is 12.1 Å². The quantitative estimate of drug-likeness (QED) is 0.545. The van der Waals surface area contributed by atoms with Gasteiger partial charge in [-0.1, -0.05) is 12.1 Å². The third-order valence-corrected chi connectivity index (χ3v) is 2.24. The van der Waals surface area contributed by atoms with Crippen LogP contribution in [0.25, 0.3) is 0 Å². The average molecular weight is 283 g/mol. The van der Waals surface area contributed by atoms with Crippen molar-refractivity contribution in [2.45, 2.75) is 12.5 Å². The van der Waals surface area contributed by atoms with Gasteiger partial charge >= 0.3 is 11.9 Å². The number of carbonyl (C=O) groups excluding carboxylic acids is 1. The molecule has 0 aliphatic carbocycles. The maximum Gasteiger partial charge on any atom is 0.326 e. The van der Waals surface area contributed by atoms with Crippen LogP contribution in [0.4, 0.5) is 0 Å². The lowest BCUT2D eigenvalue weighted by atomic mass is 10.2. The van der Waals surface area contributed by atoms with Crippen LogP contribution in [0.2, 0.25) is 0 Å². The zero-order valence-corrected chi connectivity index (χ0v) is 10.3. The number of amides is 1. The summed E-state index contributed by atoms with van der Waals surface area (Å²) in [4.78, 5) is 32.6. The van der Waals surface area contributed by atoms with E-state index in [0.29, 0.717) is 0 Å². The van der Waals surface area contributed by atoms with E-state index in [2.05, 4.69) is 0 Å². The number of benzene rings is 1. The van der Waals surface area contributed by atoms with Crippen LogP contribution in [0.5, 0.6) is 11.5 Å². The normalized spacial score (nSPS) is 11.4. The Hall–Kier alpha value is -2.77. The molecule has 0 saturated heterocycles. The Labute approximate surface area is 113 Å². The summed E-state index contributed by atoms with van der Waals surface area (Å²) in [5.41, 5.74) is 0. The van der Waals surface area contributed by atoms with Gasteiger partial charge in [-0.25, -0.2) is 4.79 Å². The minimum absolute atomic E-state index is 0.0627. The molecule has 20 heavy (non-hydrogen) atoms. The highest BCUT2D eigenvalue weighted by Crippen LogP contribution is 2.23. The maximum absolute atomic E-state index is 11.5. The Morgan fingerprint density at radius 1 is 1.20 bits per heavy atom. The molecule has 0 aliphatic heterocycles. The fourth-order valence-corrected chi connectivity index (χ4v) is 1.33. The number of rotatable bonds is 7. The molecule has 8 nitrogen and oxygen atoms in total. The number of aliphatic carboxylic acids is 2. The van der Waals surface area contributed by atoms with E-state index in [0.717, 1.165) is 0 Å². The van der Waals surface area contributed by atoms with Crippen LogP contribution < -0.4 is 10.1 Å². The van der Waals surface area contributed by atoms with Gasteiger partial charge in [0, 0.05) is 0 Å². The number of carbonyl (C=O) groups is 3. The van der Waals surface area contributed by atoms with Gasteiger partial charge < -0.3 is 25.4 Å². The maximum atomic E-state index is 11.5. The van der Waals surface area contributed by atoms with E-state index in [-0.39, 0.29) is 11.5 Å². The van der Waals surface area contributed by atoms with Gasteiger partial charge in [0.1, 0.15) is 6.04 Å². The summed E-state index contributed by atoms with van der Waals surface area (Å²) in [5, 5.41) is 28.6. The monoisotopic (exact) mass is 283 g/mol. The lowest BCUT2D eigenvalue weighted by Crippen LogP contribution is -2.44. The van der Waals surface area contributed by atoms with Gasteiger partial charge in [0.05, 0.1) is 6.42 Å². The number of phenols is 1. The first-order valence-electron chi connectivity index (χ1n) is 5.55. The first kappa shape index (κ1) is 15.3. The molecule has 0 fully saturated rings. The molecule has 0 saturated carbocycles. The highest BCUT2D eigenvalue weighted by molar-refractivity contribution is 5.87. The second-order valence-corrected chi connectivity index (χ2v) is 3.81. The van der Waals surface area contributed by atoms with E-state index < -0.39 is 36.9 Å². The summed E-state index contributed by atoms with van der Waals surface area (Å²) < 4.78 is 4.98. The Morgan fingerprint density at radius 2 is 1.85 bits per heavy atom. The summed E-state index contributed by atoms with van der Waals surface area (Å²) >= 11 is 0. The second-order valence-electron chi connectivity index (χ2n) is 3.81. The zero-order chi connectivity index (χ0) is 15.1. The van der Waals surface area contributed by atoms with Crippen molar-refractivity contribution in [1.29, 1.82) is 0 Å². The Kier molecular flexibility index (Phi) is 5.33. The smallest absolute Gasteiger partial charge is 0.326 e. The van der Waals surface area contributed by atoms with E-state index in [9.17, 15) is 19.5 Å². The molecule has 0 aromatic heterocycles. The van der Waals surface area contributed by atoms with Crippen molar-refractivity contribution in [2.24, 2.45) is 0 Å². The molecule has 1 aromatic rings. The van der Waals surface area contributed by atoms with Crippen LogP contribution in [0.3, 0.4) is 0 Å². The molecular weight excluding hydrogens is 270 g/mol. The Bertz CT molecular complexity index is 514. The van der Waals surface area contributed by atoms with Crippen LogP contribution in [0.1, 0.15) is 6.42 Å². The van der Waals surface area contributed by atoms with Crippen LogP contribution in [-0.4, -0.2) is 45.8 Å². The standard InChI is InChI=1S/C12H13NO7/c14-8-3-1-2-4-9(8)20-6-10(15)13-7(12(18)19)5-11(16)17/h1-4,7,14H,5-6H2,(H,13,15)(H,16,17)(H,18,19)/t7-/m0/s1. The molecule has 1 amide bonds. The number of para-hydroxylation sites is 2. The Morgan fingerprint density at radius 3 is 2.40 bits per heavy atom. The summed E-state index contributed by atoms with van der Waals surface area (Å²) in [5.74, 6) is -3.71. The SMILES string of the molecule is O=C(O)C[C@H](NC(=O)COc1ccccc1O)C(=O)O. The van der Waals surface area contributed by atoms with Crippen molar-refractivity contribution in [3.63, 3.8) is 0 Å². The molecule has 1 aromatic carbocycles. The molecule has 1 atom stereocenters. The lowest BCUT2D eigenvalue weighted by Gasteiger charge is -2.13. The fourth-order valence-electron chi connectivity index (χ4n) is 1.33. The van der Waals surface area contributed by atoms with Crippen molar-refractivity contribution in [1.82, 2.24) is 5.32 Å². The molecule has 0 unspecified atom stereocenters. The van der Waals surface area contributed by atoms with E-state index in [1.54, 1.807) is 12.1 Å². The molecule has 4 N–H and O–H groups in total. The first-order valence-corrected chi connectivity index (χ1v) is 5.55. The van der Waals surface area contributed by atoms with Gasteiger partial charge in [0.2, 0.25) is 0 Å². The molecule has 1 rings (SSSR count). The molecule has 0 radical (unpaired) electrons. The van der Waals surface area contributed by atoms with Gasteiger partial charge in [0.15, 0.2) is 18.1 Å². The molecular formula is C12H13NO7. The highest BCUT2D eigenvalue weighted by Gasteiger charge is 2.23. The van der Waals surface area contributed by atoms with Crippen molar-refractivity contribution in [2.75, 3.05) is 6.61 Å². The average Bonchev–Trinajstić information content (AvgIpc) is 2.36. The lowest BCUT2D eigenvalue weighted by molar-refractivity contribution is -0.147. The van der Waals surface area contributed by atoms with Crippen molar-refractivity contribution in [3.8, 4) is 11.5 Å². The van der Waals surface area contributed by atoms with Crippen LogP contribution >= 0.6 is 0 Å². The molecule has 0 aliphatic rings. The van der Waals surface area contributed by atoms with Gasteiger partial charge in [-0.3, -0.25) is 9.59 Å². The van der Waals surface area contributed by atoms with Gasteiger partial charge in [-0.2, -0.15) is 0 Å². The van der Waals surface area contributed by atoms with Crippen LogP contribution in [-0.2, 0) is 14.4 Å². The highest BCUT2D eigenvalue weighted by atomic mass is 16.5. The van der Waals surface area contributed by atoms with Gasteiger partial charge in [-0.15, -0.1) is 0 Å². The molecule has 0 heterocycles. The van der Waals surface area contributed by atoms with E-state index >= 15 is 0 Å². The Balaban J connectivity index is 2.52. The molecule has 0 spiro atoms. The fraction of sp³-hybridized carbons (Fsp3) is 0.250. The molecule has 108 valence electrons. The largest absolute Gasteiger partial charge is 0.504 e. The number of ether oxygens (including phenoxy) is 1.